The number of hydrogen-bond acceptors (Lipinski definition) is 2. The molecule has 3 rings (SSSR count). The third kappa shape index (κ3) is 2.39. The van der Waals surface area contributed by atoms with Gasteiger partial charge in [-0.15, -0.1) is 6.58 Å². The molecule has 0 saturated carbocycles. The molecule has 0 aliphatic carbocycles. The van der Waals surface area contributed by atoms with Gasteiger partial charge in [0.1, 0.15) is 0 Å². The highest BCUT2D eigenvalue weighted by Gasteiger charge is 2.25. The van der Waals surface area contributed by atoms with Crippen molar-refractivity contribution in [3.05, 3.63) is 48.2 Å². The molecule has 2 N–H and O–H groups in total. The first kappa shape index (κ1) is 13.4. The molecule has 0 unspecified atom stereocenters. The molecule has 1 aliphatic rings. The maximum absolute atomic E-state index is 3.96. The Balaban J connectivity index is 2.04. The smallest absolute Gasteiger partial charge is 0.0459 e. The Bertz CT molecular complexity index is 593. The maximum atomic E-state index is 3.96. The molecule has 3 nitrogen and oxygen atoms in total. The monoisotopic (exact) mass is 269 g/mol. The number of hydrogen-bond donors (Lipinski definition) is 2. The first-order chi connectivity index (χ1) is 9.81. The number of aromatic nitrogens is 1. The van der Waals surface area contributed by atoms with Crippen LogP contribution in [0.25, 0.3) is 10.9 Å². The summed E-state index contributed by atoms with van der Waals surface area (Å²) in [5, 5.41) is 4.79. The first-order valence-electron chi connectivity index (χ1n) is 7.44. The minimum absolute atomic E-state index is 0.436. The average molecular weight is 269 g/mol. The van der Waals surface area contributed by atoms with E-state index in [-0.39, 0.29) is 0 Å². The van der Waals surface area contributed by atoms with Crippen molar-refractivity contribution in [3.63, 3.8) is 0 Å². The fraction of sp³-hybridized carbons (Fsp3) is 0.412. The molecular weight excluding hydrogens is 246 g/mol. The Hall–Kier alpha value is -1.58. The zero-order valence-corrected chi connectivity index (χ0v) is 12.2. The highest BCUT2D eigenvalue weighted by molar-refractivity contribution is 5.85. The lowest BCUT2D eigenvalue weighted by Gasteiger charge is -2.35. The topological polar surface area (TPSA) is 31.1 Å². The van der Waals surface area contributed by atoms with Crippen LogP contribution in [0.2, 0.25) is 0 Å². The van der Waals surface area contributed by atoms with Crippen LogP contribution >= 0.6 is 0 Å². The van der Waals surface area contributed by atoms with E-state index in [0.717, 1.165) is 32.6 Å². The van der Waals surface area contributed by atoms with Crippen molar-refractivity contribution in [1.82, 2.24) is 15.2 Å². The summed E-state index contributed by atoms with van der Waals surface area (Å²) < 4.78 is 0. The van der Waals surface area contributed by atoms with Crippen LogP contribution in [-0.4, -0.2) is 36.1 Å². The van der Waals surface area contributed by atoms with Gasteiger partial charge >= 0.3 is 0 Å². The molecule has 20 heavy (non-hydrogen) atoms. The molecule has 1 fully saturated rings. The van der Waals surface area contributed by atoms with Crippen molar-refractivity contribution in [3.8, 4) is 0 Å². The third-order valence-electron chi connectivity index (χ3n) is 4.26. The normalized spacial score (nSPS) is 18.2. The van der Waals surface area contributed by atoms with Crippen LogP contribution in [0.1, 0.15) is 23.7 Å². The number of H-pyrrole nitrogens is 1. The average Bonchev–Trinajstić information content (AvgIpc) is 2.82. The number of para-hydroxylation sites is 1. The third-order valence-corrected chi connectivity index (χ3v) is 4.26. The van der Waals surface area contributed by atoms with Crippen LogP contribution in [0.3, 0.4) is 0 Å². The van der Waals surface area contributed by atoms with Crippen LogP contribution in [0.4, 0.5) is 0 Å². The maximum Gasteiger partial charge on any atom is 0.0459 e. The first-order valence-corrected chi connectivity index (χ1v) is 7.44. The second kappa shape index (κ2) is 5.81. The summed E-state index contributed by atoms with van der Waals surface area (Å²) in [5.74, 6) is 0. The molecular formula is C17H23N3. The number of nitrogens with zero attached hydrogens (tertiary/aromatic N) is 1. The van der Waals surface area contributed by atoms with Gasteiger partial charge in [0, 0.05) is 48.8 Å². The number of benzene rings is 1. The Morgan fingerprint density at radius 3 is 2.80 bits per heavy atom. The molecule has 2 heterocycles. The summed E-state index contributed by atoms with van der Waals surface area (Å²) in [6.45, 7) is 10.5. The fourth-order valence-corrected chi connectivity index (χ4v) is 3.33. The van der Waals surface area contributed by atoms with E-state index >= 15 is 0 Å². The summed E-state index contributed by atoms with van der Waals surface area (Å²) in [7, 11) is 0. The van der Waals surface area contributed by atoms with Crippen molar-refractivity contribution in [1.29, 1.82) is 0 Å². The molecule has 0 bridgehead atoms. The van der Waals surface area contributed by atoms with Crippen molar-refractivity contribution >= 4 is 10.9 Å². The van der Waals surface area contributed by atoms with E-state index in [0.29, 0.717) is 6.04 Å². The summed E-state index contributed by atoms with van der Waals surface area (Å²) in [4.78, 5) is 6.11. The van der Waals surface area contributed by atoms with E-state index in [1.54, 1.807) is 0 Å². The molecule has 0 radical (unpaired) electrons. The second-order valence-electron chi connectivity index (χ2n) is 5.54. The van der Waals surface area contributed by atoms with Crippen molar-refractivity contribution in [2.75, 3.05) is 26.2 Å². The van der Waals surface area contributed by atoms with Crippen molar-refractivity contribution in [2.24, 2.45) is 0 Å². The van der Waals surface area contributed by atoms with Crippen LogP contribution in [-0.2, 0) is 0 Å². The molecule has 1 aromatic heterocycles. The van der Waals surface area contributed by atoms with E-state index in [4.69, 9.17) is 0 Å². The quantitative estimate of drug-likeness (QED) is 0.836. The van der Waals surface area contributed by atoms with Gasteiger partial charge in [-0.3, -0.25) is 4.90 Å². The molecule has 0 amide bonds. The minimum atomic E-state index is 0.436. The zero-order valence-electron chi connectivity index (χ0n) is 12.2. The van der Waals surface area contributed by atoms with Gasteiger partial charge in [-0.25, -0.2) is 0 Å². The van der Waals surface area contributed by atoms with Gasteiger partial charge in [0.15, 0.2) is 0 Å². The van der Waals surface area contributed by atoms with Gasteiger partial charge < -0.3 is 10.3 Å². The number of fused-ring (bicyclic) bond motifs is 1. The minimum Gasteiger partial charge on any atom is -0.358 e. The Kier molecular flexibility index (Phi) is 3.90. The van der Waals surface area contributed by atoms with Crippen molar-refractivity contribution < 1.29 is 0 Å². The number of rotatable bonds is 4. The van der Waals surface area contributed by atoms with Crippen molar-refractivity contribution in [2.45, 2.75) is 19.4 Å². The van der Waals surface area contributed by atoms with Gasteiger partial charge in [-0.05, 0) is 25.0 Å². The van der Waals surface area contributed by atoms with Crippen LogP contribution < -0.4 is 5.32 Å². The lowest BCUT2D eigenvalue weighted by Crippen LogP contribution is -2.45. The molecule has 1 aliphatic heterocycles. The summed E-state index contributed by atoms with van der Waals surface area (Å²) in [6.07, 6.45) is 3.05. The van der Waals surface area contributed by atoms with Crippen LogP contribution in [0.5, 0.6) is 0 Å². The lowest BCUT2D eigenvalue weighted by molar-refractivity contribution is 0.175. The fourth-order valence-electron chi connectivity index (χ4n) is 3.33. The SMILES string of the molecule is C=CC[C@@H](c1c(C)[nH]c2ccccc12)N1CCNCC1. The van der Waals surface area contributed by atoms with E-state index < -0.39 is 0 Å². The molecule has 1 saturated heterocycles. The standard InChI is InChI=1S/C17H23N3/c1-3-6-16(20-11-9-18-10-12-20)17-13(2)19-15-8-5-4-7-14(15)17/h3-5,7-8,16,18-19H,1,6,9-12H2,2H3/t16-/m0/s1. The molecule has 2 aromatic rings. The molecule has 1 atom stereocenters. The van der Waals surface area contributed by atoms with E-state index in [1.165, 1.54) is 22.2 Å². The number of nitrogens with one attached hydrogen (secondary N) is 2. The highest BCUT2D eigenvalue weighted by Crippen LogP contribution is 2.33. The van der Waals surface area contributed by atoms with E-state index in [1.807, 2.05) is 6.08 Å². The predicted molar refractivity (Wildman–Crippen MR) is 85.0 cm³/mol. The Morgan fingerprint density at radius 2 is 2.05 bits per heavy atom. The molecule has 3 heteroatoms. The van der Waals surface area contributed by atoms with Crippen LogP contribution in [0.15, 0.2) is 36.9 Å². The summed E-state index contributed by atoms with van der Waals surface area (Å²) in [5.41, 5.74) is 3.98. The lowest BCUT2D eigenvalue weighted by atomic mass is 9.98. The number of aromatic amines is 1. The number of aryl methyl sites for hydroxylation is 1. The highest BCUT2D eigenvalue weighted by atomic mass is 15.2. The predicted octanol–water partition coefficient (Wildman–Crippen LogP) is 3.00. The van der Waals surface area contributed by atoms with Gasteiger partial charge in [-0.2, -0.15) is 0 Å². The molecule has 0 spiro atoms. The number of piperazine rings is 1. The van der Waals surface area contributed by atoms with Gasteiger partial charge in [0.05, 0.1) is 0 Å². The largest absolute Gasteiger partial charge is 0.358 e. The Labute approximate surface area is 120 Å². The van der Waals surface area contributed by atoms with E-state index in [9.17, 15) is 0 Å². The zero-order chi connectivity index (χ0) is 13.9. The Morgan fingerprint density at radius 1 is 1.30 bits per heavy atom. The van der Waals surface area contributed by atoms with Gasteiger partial charge in [-0.1, -0.05) is 24.3 Å². The second-order valence-corrected chi connectivity index (χ2v) is 5.54. The van der Waals surface area contributed by atoms with Gasteiger partial charge in [0.2, 0.25) is 0 Å². The summed E-state index contributed by atoms with van der Waals surface area (Å²) in [6, 6.07) is 9.05. The summed E-state index contributed by atoms with van der Waals surface area (Å²) >= 11 is 0. The van der Waals surface area contributed by atoms with Crippen LogP contribution in [0, 0.1) is 6.92 Å². The molecule has 1 aromatic carbocycles. The van der Waals surface area contributed by atoms with E-state index in [2.05, 4.69) is 53.0 Å². The molecule has 106 valence electrons. The van der Waals surface area contributed by atoms with Gasteiger partial charge in [0.25, 0.3) is 0 Å².